The largest absolute Gasteiger partial charge is 0.394 e. The average Bonchev–Trinajstić information content (AvgIpc) is 2.74. The zero-order chi connectivity index (χ0) is 22.3. The second kappa shape index (κ2) is 9.50. The van der Waals surface area contributed by atoms with Crippen LogP contribution in [0.15, 0.2) is 11.6 Å². The van der Waals surface area contributed by atoms with Crippen LogP contribution in [-0.2, 0) is 19.0 Å². The highest BCUT2D eigenvalue weighted by molar-refractivity contribution is 5.84. The van der Waals surface area contributed by atoms with E-state index in [1.165, 1.54) is 0 Å². The highest BCUT2D eigenvalue weighted by Crippen LogP contribution is 2.39. The van der Waals surface area contributed by atoms with Crippen LogP contribution in [0.1, 0.15) is 38.5 Å². The number of carbonyl (C=O) groups is 1. The molecule has 0 spiro atoms. The number of ketones is 1. The van der Waals surface area contributed by atoms with Crippen molar-refractivity contribution in [2.45, 2.75) is 99.8 Å². The SMILES string of the molecule is O=C1CC(C2=CCC(O)CC2)OC2CC(OC3OC(CO)C(O)C(O)C3O)CC(O)C12. The molecule has 176 valence electrons. The van der Waals surface area contributed by atoms with E-state index in [4.69, 9.17) is 14.2 Å². The Kier molecular flexibility index (Phi) is 7.11. The van der Waals surface area contributed by atoms with Gasteiger partial charge in [0.15, 0.2) is 6.29 Å². The smallest absolute Gasteiger partial charge is 0.186 e. The molecule has 1 saturated carbocycles. The number of ether oxygens (including phenoxy) is 3. The normalized spacial score (nSPS) is 48.8. The Labute approximate surface area is 180 Å². The molecule has 2 saturated heterocycles. The summed E-state index contributed by atoms with van der Waals surface area (Å²) in [5, 5.41) is 59.7. The first-order valence-corrected chi connectivity index (χ1v) is 11.0. The molecule has 0 radical (unpaired) electrons. The van der Waals surface area contributed by atoms with Crippen LogP contribution < -0.4 is 0 Å². The van der Waals surface area contributed by atoms with Gasteiger partial charge in [-0.1, -0.05) is 6.08 Å². The van der Waals surface area contributed by atoms with Gasteiger partial charge in [0.05, 0.1) is 43.0 Å². The lowest BCUT2D eigenvalue weighted by Gasteiger charge is -2.46. The number of rotatable bonds is 4. The fourth-order valence-electron chi connectivity index (χ4n) is 5.14. The highest BCUT2D eigenvalue weighted by Gasteiger charge is 2.50. The molecule has 4 rings (SSSR count). The summed E-state index contributed by atoms with van der Waals surface area (Å²) >= 11 is 0. The summed E-state index contributed by atoms with van der Waals surface area (Å²) in [6.45, 7) is -0.564. The number of carbonyl (C=O) groups excluding carboxylic acids is 1. The van der Waals surface area contributed by atoms with Crippen LogP contribution >= 0.6 is 0 Å². The van der Waals surface area contributed by atoms with Gasteiger partial charge >= 0.3 is 0 Å². The number of hydrogen-bond donors (Lipinski definition) is 6. The van der Waals surface area contributed by atoms with Gasteiger partial charge in [0.1, 0.15) is 30.2 Å². The first-order chi connectivity index (χ1) is 14.8. The quantitative estimate of drug-likeness (QED) is 0.271. The van der Waals surface area contributed by atoms with Crippen LogP contribution in [0, 0.1) is 5.92 Å². The summed E-state index contributed by atoms with van der Waals surface area (Å²) < 4.78 is 17.4. The summed E-state index contributed by atoms with van der Waals surface area (Å²) in [6, 6.07) is 0. The zero-order valence-corrected chi connectivity index (χ0v) is 17.2. The standard InChI is InChI=1S/C21H32O10/c22-8-16-18(26)19(27)20(28)21(31-16)29-11-5-12(24)17-13(25)7-14(30-15(17)6-11)9-1-3-10(23)4-2-9/h1,10-12,14-24,26-28H,2-8H2. The number of aliphatic hydroxyl groups is 6. The van der Waals surface area contributed by atoms with Crippen molar-refractivity contribution in [3.05, 3.63) is 11.6 Å². The van der Waals surface area contributed by atoms with Gasteiger partial charge in [0.25, 0.3) is 0 Å². The first-order valence-electron chi connectivity index (χ1n) is 11.0. The highest BCUT2D eigenvalue weighted by atomic mass is 16.7. The van der Waals surface area contributed by atoms with Crippen LogP contribution in [0.5, 0.6) is 0 Å². The second-order valence-corrected chi connectivity index (χ2v) is 9.06. The molecular weight excluding hydrogens is 412 g/mol. The zero-order valence-electron chi connectivity index (χ0n) is 17.2. The van der Waals surface area contributed by atoms with Crippen LogP contribution in [0.25, 0.3) is 0 Å². The van der Waals surface area contributed by atoms with Gasteiger partial charge in [-0.25, -0.2) is 0 Å². The Bertz CT molecular complexity index is 681. The lowest BCUT2D eigenvalue weighted by atomic mass is 9.75. The van der Waals surface area contributed by atoms with Gasteiger partial charge in [0.2, 0.25) is 0 Å². The van der Waals surface area contributed by atoms with E-state index in [-0.39, 0.29) is 37.3 Å². The second-order valence-electron chi connectivity index (χ2n) is 9.06. The van der Waals surface area contributed by atoms with Crippen LogP contribution in [-0.4, -0.2) is 104 Å². The van der Waals surface area contributed by atoms with E-state index in [0.717, 1.165) is 5.57 Å². The van der Waals surface area contributed by atoms with Crippen molar-refractivity contribution in [3.63, 3.8) is 0 Å². The van der Waals surface area contributed by atoms with Crippen molar-refractivity contribution in [3.8, 4) is 0 Å². The monoisotopic (exact) mass is 444 g/mol. The van der Waals surface area contributed by atoms with Gasteiger partial charge in [0, 0.05) is 19.3 Å². The van der Waals surface area contributed by atoms with Crippen molar-refractivity contribution < 1.29 is 49.6 Å². The first kappa shape index (κ1) is 23.2. The Morgan fingerprint density at radius 3 is 2.48 bits per heavy atom. The minimum absolute atomic E-state index is 0.0629. The molecule has 3 fully saturated rings. The maximum Gasteiger partial charge on any atom is 0.186 e. The molecule has 11 unspecified atom stereocenters. The van der Waals surface area contributed by atoms with Crippen molar-refractivity contribution >= 4 is 5.78 Å². The Hall–Kier alpha value is -0.950. The summed E-state index contributed by atoms with van der Waals surface area (Å²) in [7, 11) is 0. The van der Waals surface area contributed by atoms with E-state index in [0.29, 0.717) is 19.3 Å². The van der Waals surface area contributed by atoms with Crippen LogP contribution in [0.2, 0.25) is 0 Å². The molecule has 0 aromatic heterocycles. The minimum Gasteiger partial charge on any atom is -0.394 e. The number of aliphatic hydroxyl groups excluding tert-OH is 6. The molecule has 2 aliphatic heterocycles. The lowest BCUT2D eigenvalue weighted by Crippen LogP contribution is -2.60. The molecule has 0 bridgehead atoms. The van der Waals surface area contributed by atoms with Crippen molar-refractivity contribution in [1.29, 1.82) is 0 Å². The number of fused-ring (bicyclic) bond motifs is 1. The van der Waals surface area contributed by atoms with Crippen LogP contribution in [0.4, 0.5) is 0 Å². The van der Waals surface area contributed by atoms with Gasteiger partial charge in [-0.05, 0) is 24.8 Å². The summed E-state index contributed by atoms with van der Waals surface area (Å²) in [4.78, 5) is 12.8. The van der Waals surface area contributed by atoms with Gasteiger partial charge in [-0.3, -0.25) is 4.79 Å². The summed E-state index contributed by atoms with van der Waals surface area (Å²) in [6.07, 6.45) is -5.55. The van der Waals surface area contributed by atoms with Gasteiger partial charge in [-0.15, -0.1) is 0 Å². The third kappa shape index (κ3) is 4.73. The fourth-order valence-corrected chi connectivity index (χ4v) is 5.14. The molecule has 2 heterocycles. The maximum absolute atomic E-state index is 12.8. The molecule has 4 aliphatic rings. The molecule has 0 amide bonds. The molecule has 10 heteroatoms. The molecule has 11 atom stereocenters. The van der Waals surface area contributed by atoms with Crippen molar-refractivity contribution in [2.75, 3.05) is 6.61 Å². The fraction of sp³-hybridized carbons (Fsp3) is 0.857. The van der Waals surface area contributed by atoms with Crippen LogP contribution in [0.3, 0.4) is 0 Å². The molecule has 0 aromatic rings. The molecule has 2 aliphatic carbocycles. The Balaban J connectivity index is 1.42. The van der Waals surface area contributed by atoms with E-state index in [2.05, 4.69) is 0 Å². The summed E-state index contributed by atoms with van der Waals surface area (Å²) in [5.74, 6) is -0.715. The number of hydrogen-bond acceptors (Lipinski definition) is 10. The molecule has 6 N–H and O–H groups in total. The predicted octanol–water partition coefficient (Wildman–Crippen LogP) is -1.86. The predicted molar refractivity (Wildman–Crippen MR) is 104 cm³/mol. The van der Waals surface area contributed by atoms with E-state index >= 15 is 0 Å². The summed E-state index contributed by atoms with van der Waals surface area (Å²) in [5.41, 5.74) is 0.989. The van der Waals surface area contributed by atoms with Crippen molar-refractivity contribution in [1.82, 2.24) is 0 Å². The van der Waals surface area contributed by atoms with E-state index in [1.807, 2.05) is 6.08 Å². The van der Waals surface area contributed by atoms with Gasteiger partial charge in [-0.2, -0.15) is 0 Å². The molecule has 31 heavy (non-hydrogen) atoms. The van der Waals surface area contributed by atoms with E-state index in [9.17, 15) is 35.4 Å². The lowest BCUT2D eigenvalue weighted by molar-refractivity contribution is -0.317. The number of Topliss-reactive ketones (excluding diaryl/α,β-unsaturated/α-hetero) is 1. The van der Waals surface area contributed by atoms with Gasteiger partial charge < -0.3 is 44.8 Å². The molecular formula is C21H32O10. The Morgan fingerprint density at radius 1 is 1.03 bits per heavy atom. The average molecular weight is 444 g/mol. The third-order valence-corrected chi connectivity index (χ3v) is 6.92. The Morgan fingerprint density at radius 2 is 1.81 bits per heavy atom. The van der Waals surface area contributed by atoms with E-state index < -0.39 is 61.5 Å². The minimum atomic E-state index is -1.55. The topological polar surface area (TPSA) is 166 Å². The maximum atomic E-state index is 12.8. The third-order valence-electron chi connectivity index (χ3n) is 6.92. The molecule has 0 aromatic carbocycles. The van der Waals surface area contributed by atoms with E-state index in [1.54, 1.807) is 0 Å². The molecule has 10 nitrogen and oxygen atoms in total. The van der Waals surface area contributed by atoms with Crippen molar-refractivity contribution in [2.24, 2.45) is 5.92 Å².